The van der Waals surface area contributed by atoms with Crippen molar-refractivity contribution in [3.8, 4) is 0 Å². The van der Waals surface area contributed by atoms with Crippen LogP contribution < -0.4 is 0 Å². The zero-order valence-corrected chi connectivity index (χ0v) is 14.6. The van der Waals surface area contributed by atoms with Gasteiger partial charge in [0.25, 0.3) is 0 Å². The summed E-state index contributed by atoms with van der Waals surface area (Å²) in [6, 6.07) is 0. The SMILES string of the molecule is CC(C)(C)CO[C@H]1OC(CO)[C@@H](OCC(C)(C)C)[C@H](O)C1O. The molecular weight excluding hydrogens is 288 g/mol. The molecule has 0 bridgehead atoms. The van der Waals surface area contributed by atoms with Crippen LogP contribution in [0.3, 0.4) is 0 Å². The first kappa shape index (κ1) is 19.8. The summed E-state index contributed by atoms with van der Waals surface area (Å²) in [5, 5.41) is 30.0. The zero-order valence-electron chi connectivity index (χ0n) is 14.6. The van der Waals surface area contributed by atoms with Gasteiger partial charge in [-0.3, -0.25) is 0 Å². The van der Waals surface area contributed by atoms with Crippen LogP contribution in [0.25, 0.3) is 0 Å². The molecule has 6 heteroatoms. The third-order valence-electron chi connectivity index (χ3n) is 3.21. The molecule has 132 valence electrons. The van der Waals surface area contributed by atoms with E-state index in [4.69, 9.17) is 14.2 Å². The van der Waals surface area contributed by atoms with Crippen LogP contribution in [0.1, 0.15) is 41.5 Å². The molecule has 0 spiro atoms. The normalized spacial score (nSPS) is 34.0. The zero-order chi connectivity index (χ0) is 17.1. The Morgan fingerprint density at radius 2 is 1.36 bits per heavy atom. The number of hydrogen-bond acceptors (Lipinski definition) is 6. The van der Waals surface area contributed by atoms with E-state index < -0.39 is 30.7 Å². The fourth-order valence-electron chi connectivity index (χ4n) is 2.07. The molecule has 22 heavy (non-hydrogen) atoms. The molecule has 3 N–H and O–H groups in total. The molecular formula is C16H32O6. The lowest BCUT2D eigenvalue weighted by atomic mass is 9.95. The van der Waals surface area contributed by atoms with Crippen molar-refractivity contribution < 1.29 is 29.5 Å². The quantitative estimate of drug-likeness (QED) is 0.698. The Morgan fingerprint density at radius 1 is 0.864 bits per heavy atom. The largest absolute Gasteiger partial charge is 0.394 e. The molecule has 1 fully saturated rings. The highest BCUT2D eigenvalue weighted by atomic mass is 16.7. The number of aliphatic hydroxyl groups excluding tert-OH is 3. The summed E-state index contributed by atoms with van der Waals surface area (Å²) in [6.07, 6.45) is -4.87. The van der Waals surface area contributed by atoms with Crippen molar-refractivity contribution in [1.82, 2.24) is 0 Å². The third kappa shape index (κ3) is 6.10. The maximum Gasteiger partial charge on any atom is 0.186 e. The van der Waals surface area contributed by atoms with Gasteiger partial charge in [0.05, 0.1) is 19.8 Å². The van der Waals surface area contributed by atoms with E-state index in [1.807, 2.05) is 41.5 Å². The van der Waals surface area contributed by atoms with Gasteiger partial charge in [0, 0.05) is 0 Å². The average molecular weight is 320 g/mol. The highest BCUT2D eigenvalue weighted by Gasteiger charge is 2.46. The van der Waals surface area contributed by atoms with Crippen molar-refractivity contribution >= 4 is 0 Å². The van der Waals surface area contributed by atoms with Gasteiger partial charge in [-0.25, -0.2) is 0 Å². The van der Waals surface area contributed by atoms with Gasteiger partial charge in [0.2, 0.25) is 0 Å². The average Bonchev–Trinajstić information content (AvgIpc) is 2.36. The Bertz CT molecular complexity index is 331. The second-order valence-electron chi connectivity index (χ2n) is 8.41. The van der Waals surface area contributed by atoms with Gasteiger partial charge < -0.3 is 29.5 Å². The molecule has 1 heterocycles. The number of rotatable bonds is 5. The monoisotopic (exact) mass is 320 g/mol. The standard InChI is InChI=1S/C16H32O6/c1-15(2,3)8-20-13-10(7-17)22-14(12(19)11(13)18)21-9-16(4,5)6/h10-14,17-19H,7-9H2,1-6H3/t10?,11-,12?,13-,14+/m1/s1. The van der Waals surface area contributed by atoms with E-state index in [-0.39, 0.29) is 17.4 Å². The van der Waals surface area contributed by atoms with Crippen LogP contribution in [0.4, 0.5) is 0 Å². The first-order valence-corrected chi connectivity index (χ1v) is 7.80. The van der Waals surface area contributed by atoms with Crippen molar-refractivity contribution in [1.29, 1.82) is 0 Å². The second-order valence-corrected chi connectivity index (χ2v) is 8.41. The van der Waals surface area contributed by atoms with Crippen molar-refractivity contribution in [3.05, 3.63) is 0 Å². The summed E-state index contributed by atoms with van der Waals surface area (Å²) in [7, 11) is 0. The lowest BCUT2D eigenvalue weighted by Crippen LogP contribution is -2.60. The van der Waals surface area contributed by atoms with Crippen LogP contribution in [0.2, 0.25) is 0 Å². The van der Waals surface area contributed by atoms with Gasteiger partial charge in [-0.15, -0.1) is 0 Å². The second kappa shape index (κ2) is 7.55. The highest BCUT2D eigenvalue weighted by molar-refractivity contribution is 4.90. The molecule has 0 aliphatic carbocycles. The van der Waals surface area contributed by atoms with Crippen LogP contribution in [0.15, 0.2) is 0 Å². The van der Waals surface area contributed by atoms with Gasteiger partial charge in [-0.2, -0.15) is 0 Å². The van der Waals surface area contributed by atoms with Gasteiger partial charge in [-0.05, 0) is 10.8 Å². The molecule has 6 nitrogen and oxygen atoms in total. The molecule has 0 aromatic heterocycles. The molecule has 5 atom stereocenters. The van der Waals surface area contributed by atoms with E-state index >= 15 is 0 Å². The number of ether oxygens (including phenoxy) is 3. The predicted octanol–water partition coefficient (Wildman–Crippen LogP) is 0.919. The van der Waals surface area contributed by atoms with Crippen molar-refractivity contribution in [2.24, 2.45) is 10.8 Å². The third-order valence-corrected chi connectivity index (χ3v) is 3.21. The Balaban J connectivity index is 2.69. The summed E-state index contributed by atoms with van der Waals surface area (Å²) in [4.78, 5) is 0. The maximum atomic E-state index is 10.3. The van der Waals surface area contributed by atoms with E-state index in [2.05, 4.69) is 0 Å². The minimum absolute atomic E-state index is 0.0930. The van der Waals surface area contributed by atoms with E-state index in [0.717, 1.165) is 0 Å². The fraction of sp³-hybridized carbons (Fsp3) is 1.00. The lowest BCUT2D eigenvalue weighted by Gasteiger charge is -2.43. The van der Waals surface area contributed by atoms with Crippen molar-refractivity contribution in [3.63, 3.8) is 0 Å². The topological polar surface area (TPSA) is 88.4 Å². The lowest BCUT2D eigenvalue weighted by molar-refractivity contribution is -0.313. The van der Waals surface area contributed by atoms with Crippen LogP contribution in [-0.2, 0) is 14.2 Å². The molecule has 0 aromatic rings. The Kier molecular flexibility index (Phi) is 6.80. The first-order chi connectivity index (χ1) is 9.94. The molecule has 0 amide bonds. The smallest absolute Gasteiger partial charge is 0.186 e. The van der Waals surface area contributed by atoms with Gasteiger partial charge in [-0.1, -0.05) is 41.5 Å². The fourth-order valence-corrected chi connectivity index (χ4v) is 2.07. The Hall–Kier alpha value is -0.240. The van der Waals surface area contributed by atoms with Gasteiger partial charge in [0.1, 0.15) is 24.4 Å². The molecule has 0 radical (unpaired) electrons. The first-order valence-electron chi connectivity index (χ1n) is 7.80. The molecule has 0 saturated carbocycles. The van der Waals surface area contributed by atoms with Crippen LogP contribution in [0.5, 0.6) is 0 Å². The van der Waals surface area contributed by atoms with Crippen LogP contribution in [0, 0.1) is 10.8 Å². The molecule has 1 saturated heterocycles. The van der Waals surface area contributed by atoms with Crippen molar-refractivity contribution in [2.45, 2.75) is 72.2 Å². The van der Waals surface area contributed by atoms with Gasteiger partial charge >= 0.3 is 0 Å². The molecule has 0 aromatic carbocycles. The van der Waals surface area contributed by atoms with Crippen LogP contribution in [-0.4, -0.2) is 65.8 Å². The van der Waals surface area contributed by atoms with E-state index in [9.17, 15) is 15.3 Å². The van der Waals surface area contributed by atoms with E-state index in [1.165, 1.54) is 0 Å². The molecule has 1 aliphatic heterocycles. The maximum absolute atomic E-state index is 10.3. The summed E-state index contributed by atoms with van der Waals surface area (Å²) in [6.45, 7) is 12.4. The van der Waals surface area contributed by atoms with Crippen molar-refractivity contribution in [2.75, 3.05) is 19.8 Å². The summed E-state index contributed by atoms with van der Waals surface area (Å²) >= 11 is 0. The Labute approximate surface area is 133 Å². The minimum atomic E-state index is -1.21. The molecule has 1 rings (SSSR count). The van der Waals surface area contributed by atoms with Gasteiger partial charge in [0.15, 0.2) is 6.29 Å². The highest BCUT2D eigenvalue weighted by Crippen LogP contribution is 2.27. The number of hydrogen-bond donors (Lipinski definition) is 3. The molecule has 2 unspecified atom stereocenters. The predicted molar refractivity (Wildman–Crippen MR) is 82.4 cm³/mol. The molecule has 1 aliphatic rings. The summed E-state index contributed by atoms with van der Waals surface area (Å²) in [5.41, 5.74) is -0.188. The summed E-state index contributed by atoms with van der Waals surface area (Å²) < 4.78 is 16.8. The Morgan fingerprint density at radius 3 is 1.82 bits per heavy atom. The minimum Gasteiger partial charge on any atom is -0.394 e. The summed E-state index contributed by atoms with van der Waals surface area (Å²) in [5.74, 6) is 0. The van der Waals surface area contributed by atoms with E-state index in [0.29, 0.717) is 13.2 Å². The van der Waals surface area contributed by atoms with Crippen LogP contribution >= 0.6 is 0 Å². The number of aliphatic hydroxyl groups is 3. The van der Waals surface area contributed by atoms with E-state index in [1.54, 1.807) is 0 Å².